The third-order valence-corrected chi connectivity index (χ3v) is 5.67. The van der Waals surface area contributed by atoms with E-state index in [0.717, 1.165) is 21.5 Å². The van der Waals surface area contributed by atoms with Crippen molar-refractivity contribution in [2.45, 2.75) is 20.0 Å². The molecule has 0 bridgehead atoms. The van der Waals surface area contributed by atoms with Gasteiger partial charge in [0.1, 0.15) is 5.69 Å². The number of nitrogens with zero attached hydrogens (tertiary/aromatic N) is 2. The molecule has 1 amide bonds. The zero-order valence-corrected chi connectivity index (χ0v) is 16.4. The van der Waals surface area contributed by atoms with Crippen molar-refractivity contribution in [3.8, 4) is 0 Å². The number of rotatable bonds is 5. The number of aryl methyl sites for hydroxylation is 1. The molecule has 0 saturated heterocycles. The fourth-order valence-corrected chi connectivity index (χ4v) is 4.15. The first-order chi connectivity index (χ1) is 13.1. The molecule has 136 valence electrons. The first kappa shape index (κ1) is 17.6. The average molecular weight is 375 g/mol. The summed E-state index contributed by atoms with van der Waals surface area (Å²) in [4.78, 5) is 15.0. The summed E-state index contributed by atoms with van der Waals surface area (Å²) in [6.07, 6.45) is 0. The van der Waals surface area contributed by atoms with Crippen molar-refractivity contribution in [2.24, 2.45) is 0 Å². The van der Waals surface area contributed by atoms with Crippen LogP contribution >= 0.6 is 11.3 Å². The normalized spacial score (nSPS) is 11.0. The SMILES string of the molecule is Cc1ccc(Cn2c(C(=O)N(C)Cc3ccccc3)cc3sccc32)cc1. The third-order valence-electron chi connectivity index (χ3n) is 4.81. The Morgan fingerprint density at radius 2 is 1.74 bits per heavy atom. The predicted molar refractivity (Wildman–Crippen MR) is 112 cm³/mol. The Labute approximate surface area is 163 Å². The summed E-state index contributed by atoms with van der Waals surface area (Å²) in [5.74, 6) is 0.0503. The molecular weight excluding hydrogens is 352 g/mol. The number of fused-ring (bicyclic) bond motifs is 1. The number of carbonyl (C=O) groups is 1. The Balaban J connectivity index is 1.65. The van der Waals surface area contributed by atoms with E-state index < -0.39 is 0 Å². The topological polar surface area (TPSA) is 25.2 Å². The average Bonchev–Trinajstić information content (AvgIpc) is 3.26. The molecule has 3 nitrogen and oxygen atoms in total. The molecule has 0 aliphatic heterocycles. The zero-order valence-electron chi connectivity index (χ0n) is 15.6. The van der Waals surface area contributed by atoms with Crippen LogP contribution in [0.4, 0.5) is 0 Å². The number of carbonyl (C=O) groups excluding carboxylic acids is 1. The van der Waals surface area contributed by atoms with E-state index in [1.54, 1.807) is 16.2 Å². The summed E-state index contributed by atoms with van der Waals surface area (Å²) < 4.78 is 3.29. The van der Waals surface area contributed by atoms with Crippen molar-refractivity contribution >= 4 is 27.5 Å². The predicted octanol–water partition coefficient (Wildman–Crippen LogP) is 5.33. The monoisotopic (exact) mass is 374 g/mol. The standard InChI is InChI=1S/C23H22N2OS/c1-17-8-10-19(11-9-17)16-25-20-12-13-27-22(20)14-21(25)23(26)24(2)15-18-6-4-3-5-7-18/h3-14H,15-16H2,1-2H3. The van der Waals surface area contributed by atoms with Crippen LogP contribution in [0.1, 0.15) is 27.2 Å². The highest BCUT2D eigenvalue weighted by molar-refractivity contribution is 7.17. The molecule has 4 rings (SSSR count). The lowest BCUT2D eigenvalue weighted by Gasteiger charge is -2.19. The van der Waals surface area contributed by atoms with Gasteiger partial charge in [0.15, 0.2) is 0 Å². The molecular formula is C23H22N2OS. The van der Waals surface area contributed by atoms with Gasteiger partial charge in [0.25, 0.3) is 5.91 Å². The minimum Gasteiger partial charge on any atom is -0.336 e. The Morgan fingerprint density at radius 1 is 1.00 bits per heavy atom. The van der Waals surface area contributed by atoms with E-state index in [1.807, 2.05) is 43.4 Å². The van der Waals surface area contributed by atoms with Crippen LogP contribution in [-0.4, -0.2) is 22.4 Å². The Morgan fingerprint density at radius 3 is 2.48 bits per heavy atom. The molecule has 0 aliphatic carbocycles. The van der Waals surface area contributed by atoms with Crippen LogP contribution in [0.15, 0.2) is 72.1 Å². The van der Waals surface area contributed by atoms with E-state index in [-0.39, 0.29) is 5.91 Å². The molecule has 2 aromatic carbocycles. The highest BCUT2D eigenvalue weighted by Crippen LogP contribution is 2.27. The molecule has 0 atom stereocenters. The highest BCUT2D eigenvalue weighted by atomic mass is 32.1. The third kappa shape index (κ3) is 3.67. The maximum absolute atomic E-state index is 13.2. The van der Waals surface area contributed by atoms with Crippen molar-refractivity contribution in [3.63, 3.8) is 0 Å². The molecule has 0 unspecified atom stereocenters. The fourth-order valence-electron chi connectivity index (χ4n) is 3.33. The van der Waals surface area contributed by atoms with Gasteiger partial charge in [0.2, 0.25) is 0 Å². The van der Waals surface area contributed by atoms with Gasteiger partial charge in [-0.25, -0.2) is 0 Å². The zero-order chi connectivity index (χ0) is 18.8. The molecule has 0 spiro atoms. The van der Waals surface area contributed by atoms with Crippen molar-refractivity contribution in [2.75, 3.05) is 7.05 Å². The van der Waals surface area contributed by atoms with Crippen LogP contribution < -0.4 is 0 Å². The number of hydrogen-bond acceptors (Lipinski definition) is 2. The molecule has 0 fully saturated rings. The second-order valence-electron chi connectivity index (χ2n) is 6.92. The van der Waals surface area contributed by atoms with Gasteiger partial charge in [-0.3, -0.25) is 4.79 Å². The lowest BCUT2D eigenvalue weighted by molar-refractivity contribution is 0.0775. The first-order valence-corrected chi connectivity index (χ1v) is 9.91. The second-order valence-corrected chi connectivity index (χ2v) is 7.87. The van der Waals surface area contributed by atoms with E-state index in [4.69, 9.17) is 0 Å². The minimum absolute atomic E-state index is 0.0503. The van der Waals surface area contributed by atoms with E-state index >= 15 is 0 Å². The Hall–Kier alpha value is -2.85. The van der Waals surface area contributed by atoms with E-state index in [1.165, 1.54) is 11.1 Å². The van der Waals surface area contributed by atoms with Crippen LogP contribution in [0, 0.1) is 6.92 Å². The number of benzene rings is 2. The number of hydrogen-bond donors (Lipinski definition) is 0. The summed E-state index contributed by atoms with van der Waals surface area (Å²) in [7, 11) is 1.87. The quantitative estimate of drug-likeness (QED) is 0.463. The van der Waals surface area contributed by atoms with Crippen LogP contribution in [0.2, 0.25) is 0 Å². The molecule has 2 heterocycles. The molecule has 4 heteroatoms. The molecule has 0 saturated carbocycles. The molecule has 0 radical (unpaired) electrons. The van der Waals surface area contributed by atoms with E-state index in [2.05, 4.69) is 47.2 Å². The summed E-state index contributed by atoms with van der Waals surface area (Å²) in [5, 5.41) is 2.08. The van der Waals surface area contributed by atoms with Crippen LogP contribution in [-0.2, 0) is 13.1 Å². The van der Waals surface area contributed by atoms with Gasteiger partial charge >= 0.3 is 0 Å². The van der Waals surface area contributed by atoms with E-state index in [9.17, 15) is 4.79 Å². The van der Waals surface area contributed by atoms with Crippen LogP contribution in [0.25, 0.3) is 10.2 Å². The number of thiophene rings is 1. The van der Waals surface area contributed by atoms with Gasteiger partial charge in [-0.2, -0.15) is 0 Å². The first-order valence-electron chi connectivity index (χ1n) is 9.03. The summed E-state index contributed by atoms with van der Waals surface area (Å²) in [6, 6.07) is 22.7. The van der Waals surface area contributed by atoms with Crippen molar-refractivity contribution in [1.29, 1.82) is 0 Å². The van der Waals surface area contributed by atoms with E-state index in [0.29, 0.717) is 13.1 Å². The Kier molecular flexibility index (Phi) is 4.82. The molecule has 27 heavy (non-hydrogen) atoms. The number of aromatic nitrogens is 1. The Bertz CT molecular complexity index is 1060. The van der Waals surface area contributed by atoms with Gasteiger partial charge in [-0.15, -0.1) is 11.3 Å². The van der Waals surface area contributed by atoms with Crippen molar-refractivity contribution < 1.29 is 4.79 Å². The van der Waals surface area contributed by atoms with Gasteiger partial charge < -0.3 is 9.47 Å². The summed E-state index contributed by atoms with van der Waals surface area (Å²) in [5.41, 5.74) is 5.44. The maximum atomic E-state index is 13.2. The number of amides is 1. The van der Waals surface area contributed by atoms with Crippen LogP contribution in [0.5, 0.6) is 0 Å². The maximum Gasteiger partial charge on any atom is 0.270 e. The molecule has 4 aromatic rings. The van der Waals surface area contributed by atoms with Gasteiger partial charge in [-0.1, -0.05) is 60.2 Å². The lowest BCUT2D eigenvalue weighted by Crippen LogP contribution is -2.28. The molecule has 2 aromatic heterocycles. The van der Waals surface area contributed by atoms with Crippen LogP contribution in [0.3, 0.4) is 0 Å². The second kappa shape index (κ2) is 7.41. The highest BCUT2D eigenvalue weighted by Gasteiger charge is 2.20. The molecule has 0 N–H and O–H groups in total. The smallest absolute Gasteiger partial charge is 0.270 e. The summed E-state index contributed by atoms with van der Waals surface area (Å²) >= 11 is 1.68. The fraction of sp³-hybridized carbons (Fsp3) is 0.174. The van der Waals surface area contributed by atoms with Gasteiger partial charge in [-0.05, 0) is 35.6 Å². The van der Waals surface area contributed by atoms with Crippen molar-refractivity contribution in [1.82, 2.24) is 9.47 Å². The van der Waals surface area contributed by atoms with Gasteiger partial charge in [0, 0.05) is 20.1 Å². The van der Waals surface area contributed by atoms with Gasteiger partial charge in [0.05, 0.1) is 10.2 Å². The lowest BCUT2D eigenvalue weighted by atomic mass is 10.1. The minimum atomic E-state index is 0.0503. The molecule has 0 aliphatic rings. The summed E-state index contributed by atoms with van der Waals surface area (Å²) in [6.45, 7) is 3.38. The van der Waals surface area contributed by atoms with Crippen molar-refractivity contribution in [3.05, 3.63) is 94.5 Å². The largest absolute Gasteiger partial charge is 0.336 e.